The van der Waals surface area contributed by atoms with Gasteiger partial charge in [0.25, 0.3) is 0 Å². The Kier molecular flexibility index (Phi) is 3.43. The minimum absolute atomic E-state index is 0.0817. The highest BCUT2D eigenvalue weighted by molar-refractivity contribution is 5.90. The summed E-state index contributed by atoms with van der Waals surface area (Å²) in [5.41, 5.74) is 0.663. The zero-order valence-corrected chi connectivity index (χ0v) is 14.4. The van der Waals surface area contributed by atoms with Crippen molar-refractivity contribution in [2.45, 2.75) is 38.9 Å². The van der Waals surface area contributed by atoms with Gasteiger partial charge in [0.05, 0.1) is 18.6 Å². The molecule has 3 heterocycles. The van der Waals surface area contributed by atoms with E-state index < -0.39 is 29.5 Å². The molecular weight excluding hydrogens is 306 g/mol. The average molecular weight is 330 g/mol. The van der Waals surface area contributed by atoms with Gasteiger partial charge in [0.2, 0.25) is 5.91 Å². The predicted octanol–water partition coefficient (Wildman–Crippen LogP) is 0.757. The highest BCUT2D eigenvalue weighted by atomic mass is 16.5. The van der Waals surface area contributed by atoms with Crippen LogP contribution in [0.4, 0.5) is 0 Å². The van der Waals surface area contributed by atoms with Crippen molar-refractivity contribution in [3.8, 4) is 0 Å². The minimum atomic E-state index is -1.18. The van der Waals surface area contributed by atoms with E-state index in [1.54, 1.807) is 6.08 Å². The molecular formula is C19H24NO4-. The van der Waals surface area contributed by atoms with Gasteiger partial charge in [-0.25, -0.2) is 0 Å². The molecule has 0 saturated carbocycles. The SMILES string of the molecule is CC1=C[C@@H](C)[C@H](CN2C[C@]34C=C[C@H](O3)[C@H](C(=O)[O-])[C@@H]4C2=O)[C@@H](C)C1. The molecule has 4 aliphatic rings. The molecule has 24 heavy (non-hydrogen) atoms. The van der Waals surface area contributed by atoms with E-state index in [1.165, 1.54) is 5.57 Å². The molecule has 2 saturated heterocycles. The number of rotatable bonds is 3. The maximum absolute atomic E-state index is 12.9. The number of hydrogen-bond donors (Lipinski definition) is 0. The van der Waals surface area contributed by atoms with E-state index in [2.05, 4.69) is 26.8 Å². The Morgan fingerprint density at radius 3 is 2.88 bits per heavy atom. The summed E-state index contributed by atoms with van der Waals surface area (Å²) in [6, 6.07) is 0. The molecule has 0 unspecified atom stereocenters. The van der Waals surface area contributed by atoms with Crippen LogP contribution in [0.25, 0.3) is 0 Å². The second-order valence-electron chi connectivity index (χ2n) is 8.16. The van der Waals surface area contributed by atoms with Crippen molar-refractivity contribution >= 4 is 11.9 Å². The number of carbonyl (C=O) groups is 2. The maximum atomic E-state index is 12.9. The van der Waals surface area contributed by atoms with Crippen molar-refractivity contribution in [3.63, 3.8) is 0 Å². The van der Waals surface area contributed by atoms with Crippen LogP contribution in [0.2, 0.25) is 0 Å². The number of ether oxygens (including phenoxy) is 1. The largest absolute Gasteiger partial charge is 0.550 e. The highest BCUT2D eigenvalue weighted by Gasteiger charge is 2.65. The Morgan fingerprint density at radius 2 is 2.21 bits per heavy atom. The fourth-order valence-corrected chi connectivity index (χ4v) is 5.42. The number of likely N-dealkylation sites (tertiary alicyclic amines) is 1. The lowest BCUT2D eigenvalue weighted by atomic mass is 9.75. The molecule has 0 aromatic heterocycles. The van der Waals surface area contributed by atoms with Crippen LogP contribution in [0.5, 0.6) is 0 Å². The van der Waals surface area contributed by atoms with Crippen molar-refractivity contribution in [3.05, 3.63) is 23.8 Å². The molecule has 3 aliphatic heterocycles. The van der Waals surface area contributed by atoms with Gasteiger partial charge in [0.15, 0.2) is 0 Å². The molecule has 0 aromatic carbocycles. The van der Waals surface area contributed by atoms with Crippen molar-refractivity contribution in [2.75, 3.05) is 13.1 Å². The molecule has 1 aliphatic carbocycles. The monoisotopic (exact) mass is 330 g/mol. The third kappa shape index (κ3) is 2.10. The first-order chi connectivity index (χ1) is 11.3. The molecule has 1 amide bonds. The molecule has 5 heteroatoms. The standard InChI is InChI=1S/C19H25NO4/c1-10-6-11(2)13(12(3)7-10)8-20-9-19-5-4-14(24-19)15(18(22)23)16(19)17(20)21/h4-6,11-16H,7-9H2,1-3H3,(H,22,23)/p-1/t11-,12+,13+,14+,15+,16-,19+/m1/s1. The third-order valence-corrected chi connectivity index (χ3v) is 6.48. The lowest BCUT2D eigenvalue weighted by molar-refractivity contribution is -0.313. The number of fused-ring (bicyclic) bond motifs is 1. The molecule has 1 spiro atoms. The lowest BCUT2D eigenvalue weighted by Crippen LogP contribution is -2.45. The van der Waals surface area contributed by atoms with Crippen molar-refractivity contribution in [1.29, 1.82) is 0 Å². The van der Waals surface area contributed by atoms with Crippen LogP contribution in [-0.2, 0) is 14.3 Å². The van der Waals surface area contributed by atoms with Gasteiger partial charge in [0, 0.05) is 18.4 Å². The summed E-state index contributed by atoms with van der Waals surface area (Å²) in [5.74, 6) is -1.40. The highest BCUT2D eigenvalue weighted by Crippen LogP contribution is 2.52. The van der Waals surface area contributed by atoms with Crippen LogP contribution in [0, 0.1) is 29.6 Å². The van der Waals surface area contributed by atoms with Gasteiger partial charge < -0.3 is 19.5 Å². The molecule has 2 bridgehead atoms. The second-order valence-corrected chi connectivity index (χ2v) is 8.16. The van der Waals surface area contributed by atoms with E-state index in [0.29, 0.717) is 30.8 Å². The number of aliphatic carboxylic acids is 1. The average Bonchev–Trinajstić information content (AvgIpc) is 3.11. The smallest absolute Gasteiger partial charge is 0.229 e. The third-order valence-electron chi connectivity index (χ3n) is 6.48. The zero-order chi connectivity index (χ0) is 17.2. The maximum Gasteiger partial charge on any atom is 0.229 e. The second kappa shape index (κ2) is 5.19. The van der Waals surface area contributed by atoms with Crippen LogP contribution in [-0.4, -0.2) is 41.6 Å². The number of carbonyl (C=O) groups excluding carboxylic acids is 2. The van der Waals surface area contributed by atoms with E-state index >= 15 is 0 Å². The zero-order valence-electron chi connectivity index (χ0n) is 14.4. The van der Waals surface area contributed by atoms with Gasteiger partial charge in [-0.05, 0) is 31.1 Å². The fraction of sp³-hybridized carbons (Fsp3) is 0.684. The van der Waals surface area contributed by atoms with Gasteiger partial charge in [-0.15, -0.1) is 0 Å². The van der Waals surface area contributed by atoms with Crippen LogP contribution >= 0.6 is 0 Å². The summed E-state index contributed by atoms with van der Waals surface area (Å²) in [6.07, 6.45) is 6.54. The Morgan fingerprint density at radius 1 is 1.46 bits per heavy atom. The van der Waals surface area contributed by atoms with Crippen molar-refractivity contribution < 1.29 is 19.4 Å². The van der Waals surface area contributed by atoms with Crippen LogP contribution in [0.1, 0.15) is 27.2 Å². The van der Waals surface area contributed by atoms with Gasteiger partial charge in [0.1, 0.15) is 5.60 Å². The summed E-state index contributed by atoms with van der Waals surface area (Å²) in [5, 5.41) is 11.5. The molecule has 4 rings (SSSR count). The minimum Gasteiger partial charge on any atom is -0.550 e. The van der Waals surface area contributed by atoms with E-state index in [4.69, 9.17) is 4.74 Å². The van der Waals surface area contributed by atoms with Crippen LogP contribution < -0.4 is 5.11 Å². The fourth-order valence-electron chi connectivity index (χ4n) is 5.42. The van der Waals surface area contributed by atoms with Crippen LogP contribution in [0.15, 0.2) is 23.8 Å². The van der Waals surface area contributed by atoms with E-state index in [9.17, 15) is 14.7 Å². The lowest BCUT2D eigenvalue weighted by Gasteiger charge is -2.36. The summed E-state index contributed by atoms with van der Waals surface area (Å²) >= 11 is 0. The quantitative estimate of drug-likeness (QED) is 0.716. The van der Waals surface area contributed by atoms with Gasteiger partial charge in [-0.2, -0.15) is 0 Å². The van der Waals surface area contributed by atoms with Crippen LogP contribution in [0.3, 0.4) is 0 Å². The molecule has 0 aromatic rings. The predicted molar refractivity (Wildman–Crippen MR) is 85.5 cm³/mol. The number of nitrogens with zero attached hydrogens (tertiary/aromatic N) is 1. The summed E-state index contributed by atoms with van der Waals surface area (Å²) < 4.78 is 5.91. The molecule has 0 N–H and O–H groups in total. The number of amides is 1. The Hall–Kier alpha value is -1.62. The number of hydrogen-bond acceptors (Lipinski definition) is 4. The Labute approximate surface area is 142 Å². The molecule has 5 nitrogen and oxygen atoms in total. The first kappa shape index (κ1) is 15.9. The summed E-state index contributed by atoms with van der Waals surface area (Å²) in [4.78, 5) is 26.3. The topological polar surface area (TPSA) is 69.7 Å². The Bertz CT molecular complexity index is 654. The van der Waals surface area contributed by atoms with E-state index in [-0.39, 0.29) is 5.91 Å². The van der Waals surface area contributed by atoms with Crippen molar-refractivity contribution in [1.82, 2.24) is 4.90 Å². The number of carboxylic acid groups (broad SMARTS) is 1. The Balaban J connectivity index is 1.56. The normalized spacial score (nSPS) is 46.4. The van der Waals surface area contributed by atoms with E-state index in [0.717, 1.165) is 6.42 Å². The van der Waals surface area contributed by atoms with E-state index in [1.807, 2.05) is 11.0 Å². The number of allylic oxidation sites excluding steroid dienone is 2. The number of carboxylic acids is 1. The molecule has 2 fully saturated rings. The first-order valence-corrected chi connectivity index (χ1v) is 8.86. The summed E-state index contributed by atoms with van der Waals surface area (Å²) in [7, 11) is 0. The summed E-state index contributed by atoms with van der Waals surface area (Å²) in [6.45, 7) is 7.74. The molecule has 7 atom stereocenters. The van der Waals surface area contributed by atoms with Gasteiger partial charge in [-0.1, -0.05) is 37.6 Å². The van der Waals surface area contributed by atoms with Gasteiger partial charge >= 0.3 is 0 Å². The van der Waals surface area contributed by atoms with Crippen molar-refractivity contribution in [2.24, 2.45) is 29.6 Å². The first-order valence-electron chi connectivity index (χ1n) is 8.86. The van der Waals surface area contributed by atoms with Gasteiger partial charge in [-0.3, -0.25) is 4.79 Å². The molecule has 0 radical (unpaired) electrons. The molecule has 130 valence electrons.